The van der Waals surface area contributed by atoms with Crippen LogP contribution in [-0.2, 0) is 4.74 Å². The Kier molecular flexibility index (Phi) is 4.63. The first-order valence-electron chi connectivity index (χ1n) is 4.56. The lowest BCUT2D eigenvalue weighted by molar-refractivity contribution is 0.0294. The second kappa shape index (κ2) is 5.00. The number of hydrogen-bond acceptors (Lipinski definition) is 3. The summed E-state index contributed by atoms with van der Waals surface area (Å²) in [5.74, 6) is -0.206. The van der Waals surface area contributed by atoms with Crippen LogP contribution in [0.3, 0.4) is 0 Å². The molecule has 0 aromatic rings. The third-order valence-corrected chi connectivity index (χ3v) is 1.53. The summed E-state index contributed by atoms with van der Waals surface area (Å²) >= 11 is 0. The smallest absolute Gasteiger partial charge is 0.409 e. The predicted molar refractivity (Wildman–Crippen MR) is 54.7 cm³/mol. The van der Waals surface area contributed by atoms with E-state index in [0.29, 0.717) is 0 Å². The highest BCUT2D eigenvalue weighted by Crippen LogP contribution is 2.08. The van der Waals surface area contributed by atoms with Gasteiger partial charge in [-0.05, 0) is 20.8 Å². The zero-order valence-corrected chi connectivity index (χ0v) is 9.20. The summed E-state index contributed by atoms with van der Waals surface area (Å²) in [6.45, 7) is 10.5. The van der Waals surface area contributed by atoms with Gasteiger partial charge in [-0.25, -0.2) is 4.79 Å². The molecule has 0 saturated carbocycles. The molecule has 0 fully saturated rings. The molecular weight excluding hydrogens is 182 g/mol. The molecule has 2 unspecified atom stereocenters. The summed E-state index contributed by atoms with van der Waals surface area (Å²) in [7, 11) is 0. The van der Waals surface area contributed by atoms with Crippen LogP contribution < -0.4 is 5.32 Å². The summed E-state index contributed by atoms with van der Waals surface area (Å²) in [6.07, 6.45) is -0.0248. The van der Waals surface area contributed by atoms with Crippen LogP contribution in [0.1, 0.15) is 27.7 Å². The number of rotatable bonds is 3. The lowest BCUT2D eigenvalue weighted by Crippen LogP contribution is -2.41. The molecule has 0 aliphatic heterocycles. The van der Waals surface area contributed by atoms with Crippen LogP contribution in [0.4, 0.5) is 4.79 Å². The Hall–Kier alpha value is -1.03. The molecule has 1 amide bonds. The van der Waals surface area contributed by atoms with Crippen molar-refractivity contribution in [1.29, 1.82) is 0 Å². The van der Waals surface area contributed by atoms with E-state index >= 15 is 0 Å². The molecule has 2 atom stereocenters. The van der Waals surface area contributed by atoms with E-state index in [9.17, 15) is 9.90 Å². The molecule has 0 heterocycles. The van der Waals surface area contributed by atoms with E-state index in [4.69, 9.17) is 4.74 Å². The van der Waals surface area contributed by atoms with Gasteiger partial charge in [0, 0.05) is 5.92 Å². The summed E-state index contributed by atoms with van der Waals surface area (Å²) < 4.78 is 4.96. The van der Waals surface area contributed by atoms with Gasteiger partial charge in [0.2, 0.25) is 0 Å². The van der Waals surface area contributed by atoms with E-state index in [1.54, 1.807) is 33.8 Å². The van der Waals surface area contributed by atoms with Crippen molar-refractivity contribution in [2.24, 2.45) is 5.92 Å². The first-order valence-corrected chi connectivity index (χ1v) is 4.56. The van der Waals surface area contributed by atoms with Crippen molar-refractivity contribution in [3.05, 3.63) is 12.7 Å². The maximum absolute atomic E-state index is 11.2. The number of aliphatic hydroxyl groups is 1. The summed E-state index contributed by atoms with van der Waals surface area (Å²) in [5, 5.41) is 11.7. The van der Waals surface area contributed by atoms with Gasteiger partial charge in [0.25, 0.3) is 0 Å². The highest BCUT2D eigenvalue weighted by atomic mass is 16.6. The highest BCUT2D eigenvalue weighted by Gasteiger charge is 2.19. The Labute approximate surface area is 85.0 Å². The molecule has 2 N–H and O–H groups in total. The zero-order valence-electron chi connectivity index (χ0n) is 9.20. The number of alkyl carbamates (subject to hydrolysis) is 1. The molecular formula is C10H19NO3. The van der Waals surface area contributed by atoms with Crippen LogP contribution in [0.25, 0.3) is 0 Å². The molecule has 4 nitrogen and oxygen atoms in total. The van der Waals surface area contributed by atoms with Gasteiger partial charge in [-0.15, -0.1) is 6.58 Å². The molecule has 0 bridgehead atoms. The van der Waals surface area contributed by atoms with Crippen molar-refractivity contribution in [3.8, 4) is 0 Å². The highest BCUT2D eigenvalue weighted by molar-refractivity contribution is 5.67. The van der Waals surface area contributed by atoms with Gasteiger partial charge in [0.15, 0.2) is 0 Å². The molecule has 0 aliphatic rings. The molecule has 0 radical (unpaired) electrons. The SMILES string of the molecule is C=CC(C)C(O)NC(=O)OC(C)(C)C. The zero-order chi connectivity index (χ0) is 11.4. The first kappa shape index (κ1) is 13.0. The normalized spacial score (nSPS) is 15.5. The van der Waals surface area contributed by atoms with Crippen molar-refractivity contribution in [1.82, 2.24) is 5.32 Å². The third-order valence-electron chi connectivity index (χ3n) is 1.53. The molecule has 0 saturated heterocycles. The third kappa shape index (κ3) is 5.59. The lowest BCUT2D eigenvalue weighted by Gasteiger charge is -2.22. The number of hydrogen-bond donors (Lipinski definition) is 2. The molecule has 0 aromatic carbocycles. The number of ether oxygens (including phenoxy) is 1. The number of carbonyl (C=O) groups is 1. The standard InChI is InChI=1S/C10H19NO3/c1-6-7(2)8(12)11-9(13)14-10(3,4)5/h6-8,12H,1H2,2-5H3,(H,11,13). The molecule has 4 heteroatoms. The van der Waals surface area contributed by atoms with E-state index in [2.05, 4.69) is 11.9 Å². The van der Waals surface area contributed by atoms with E-state index < -0.39 is 17.9 Å². The van der Waals surface area contributed by atoms with Gasteiger partial charge in [0.1, 0.15) is 11.8 Å². The molecule has 0 aliphatic carbocycles. The van der Waals surface area contributed by atoms with Crippen LogP contribution in [0.2, 0.25) is 0 Å². The van der Waals surface area contributed by atoms with Crippen molar-refractivity contribution in [2.75, 3.05) is 0 Å². The molecule has 0 rings (SSSR count). The van der Waals surface area contributed by atoms with Crippen molar-refractivity contribution in [3.63, 3.8) is 0 Å². The second-order valence-electron chi connectivity index (χ2n) is 4.19. The Morgan fingerprint density at radius 2 is 2.07 bits per heavy atom. The van der Waals surface area contributed by atoms with Gasteiger partial charge in [-0.3, -0.25) is 5.32 Å². The van der Waals surface area contributed by atoms with E-state index in [1.165, 1.54) is 0 Å². The molecule has 82 valence electrons. The fourth-order valence-corrected chi connectivity index (χ4v) is 0.689. The number of carbonyl (C=O) groups excluding carboxylic acids is 1. The maximum atomic E-state index is 11.2. The minimum atomic E-state index is -0.956. The number of nitrogens with one attached hydrogen (secondary N) is 1. The summed E-state index contributed by atoms with van der Waals surface area (Å²) in [6, 6.07) is 0. The van der Waals surface area contributed by atoms with Crippen molar-refractivity contribution in [2.45, 2.75) is 39.5 Å². The van der Waals surface area contributed by atoms with Crippen LogP contribution in [0.5, 0.6) is 0 Å². The molecule has 0 aromatic heterocycles. The van der Waals surface area contributed by atoms with Gasteiger partial charge in [0.05, 0.1) is 0 Å². The van der Waals surface area contributed by atoms with E-state index in [-0.39, 0.29) is 5.92 Å². The Balaban J connectivity index is 4.01. The van der Waals surface area contributed by atoms with Gasteiger partial charge < -0.3 is 9.84 Å². The predicted octanol–water partition coefficient (Wildman–Crippen LogP) is 1.65. The van der Waals surface area contributed by atoms with E-state index in [1.807, 2.05) is 0 Å². The lowest BCUT2D eigenvalue weighted by atomic mass is 10.1. The minimum absolute atomic E-state index is 0.206. The molecule has 0 spiro atoms. The minimum Gasteiger partial charge on any atom is -0.444 e. The monoisotopic (exact) mass is 201 g/mol. The van der Waals surface area contributed by atoms with Gasteiger partial charge in [-0.1, -0.05) is 13.0 Å². The van der Waals surface area contributed by atoms with Gasteiger partial charge >= 0.3 is 6.09 Å². The summed E-state index contributed by atoms with van der Waals surface area (Å²) in [4.78, 5) is 11.2. The van der Waals surface area contributed by atoms with Crippen molar-refractivity contribution < 1.29 is 14.6 Å². The average Bonchev–Trinajstić information content (AvgIpc) is 1.99. The fourth-order valence-electron chi connectivity index (χ4n) is 0.689. The van der Waals surface area contributed by atoms with Gasteiger partial charge in [-0.2, -0.15) is 0 Å². The quantitative estimate of drug-likeness (QED) is 0.539. The Morgan fingerprint density at radius 1 is 1.57 bits per heavy atom. The topological polar surface area (TPSA) is 58.6 Å². The maximum Gasteiger partial charge on any atom is 0.409 e. The molecule has 14 heavy (non-hydrogen) atoms. The Bertz CT molecular complexity index is 208. The van der Waals surface area contributed by atoms with Crippen LogP contribution in [-0.4, -0.2) is 23.0 Å². The number of aliphatic hydroxyl groups excluding tert-OH is 1. The Morgan fingerprint density at radius 3 is 2.43 bits per heavy atom. The van der Waals surface area contributed by atoms with Crippen LogP contribution in [0, 0.1) is 5.92 Å². The average molecular weight is 201 g/mol. The fraction of sp³-hybridized carbons (Fsp3) is 0.700. The second-order valence-corrected chi connectivity index (χ2v) is 4.19. The summed E-state index contributed by atoms with van der Waals surface area (Å²) in [5.41, 5.74) is -0.554. The van der Waals surface area contributed by atoms with Crippen molar-refractivity contribution >= 4 is 6.09 Å². The largest absolute Gasteiger partial charge is 0.444 e. The van der Waals surface area contributed by atoms with Crippen LogP contribution >= 0.6 is 0 Å². The van der Waals surface area contributed by atoms with Crippen LogP contribution in [0.15, 0.2) is 12.7 Å². The number of amides is 1. The van der Waals surface area contributed by atoms with E-state index in [0.717, 1.165) is 0 Å². The first-order chi connectivity index (χ1) is 6.26.